The van der Waals surface area contributed by atoms with Gasteiger partial charge in [-0.05, 0) is 49.1 Å². The van der Waals surface area contributed by atoms with Crippen molar-refractivity contribution >= 4 is 17.5 Å². The van der Waals surface area contributed by atoms with Gasteiger partial charge in [-0.2, -0.15) is 0 Å². The first-order valence-electron chi connectivity index (χ1n) is 11.1. The lowest BCUT2D eigenvalue weighted by atomic mass is 9.77. The van der Waals surface area contributed by atoms with E-state index in [0.717, 1.165) is 36.9 Å². The van der Waals surface area contributed by atoms with Crippen LogP contribution in [0.3, 0.4) is 0 Å². The Bertz CT molecular complexity index is 972. The molecule has 0 N–H and O–H groups in total. The highest BCUT2D eigenvalue weighted by Gasteiger charge is 2.51. The van der Waals surface area contributed by atoms with Crippen molar-refractivity contribution in [3.8, 4) is 0 Å². The van der Waals surface area contributed by atoms with Crippen molar-refractivity contribution in [1.29, 1.82) is 0 Å². The Morgan fingerprint density at radius 1 is 0.935 bits per heavy atom. The van der Waals surface area contributed by atoms with Crippen LogP contribution in [-0.2, 0) is 19.7 Å². The fourth-order valence-corrected chi connectivity index (χ4v) is 5.50. The summed E-state index contributed by atoms with van der Waals surface area (Å²) in [5, 5.41) is 0. The number of rotatable bonds is 3. The normalized spacial score (nSPS) is 25.4. The van der Waals surface area contributed by atoms with Gasteiger partial charge in [-0.15, -0.1) is 0 Å². The SMILES string of the molecule is O=C1CO[C@]2(CCN(C(=O)C3(c4ccc(F)cc4)CCCC3)C2)CN1c1ccccc1. The summed E-state index contributed by atoms with van der Waals surface area (Å²) in [7, 11) is 0. The summed E-state index contributed by atoms with van der Waals surface area (Å²) >= 11 is 0. The summed E-state index contributed by atoms with van der Waals surface area (Å²) in [5.74, 6) is -0.230. The summed E-state index contributed by atoms with van der Waals surface area (Å²) in [6.07, 6.45) is 4.27. The number of para-hydroxylation sites is 1. The van der Waals surface area contributed by atoms with Crippen LogP contribution in [-0.4, -0.2) is 48.6 Å². The van der Waals surface area contributed by atoms with Gasteiger partial charge < -0.3 is 14.5 Å². The molecule has 0 aromatic heterocycles. The number of amides is 2. The van der Waals surface area contributed by atoms with E-state index in [2.05, 4.69) is 0 Å². The van der Waals surface area contributed by atoms with Crippen LogP contribution in [0.25, 0.3) is 0 Å². The molecule has 31 heavy (non-hydrogen) atoms. The minimum atomic E-state index is -0.581. The molecule has 0 radical (unpaired) electrons. The first-order chi connectivity index (χ1) is 15.0. The van der Waals surface area contributed by atoms with Crippen molar-refractivity contribution in [2.24, 2.45) is 0 Å². The summed E-state index contributed by atoms with van der Waals surface area (Å²) in [6.45, 7) is 1.56. The minimum absolute atomic E-state index is 0.0278. The average molecular weight is 423 g/mol. The van der Waals surface area contributed by atoms with E-state index in [1.807, 2.05) is 35.2 Å². The van der Waals surface area contributed by atoms with E-state index in [1.165, 1.54) is 12.1 Å². The van der Waals surface area contributed by atoms with Crippen molar-refractivity contribution in [3.63, 3.8) is 0 Å². The molecule has 5 nitrogen and oxygen atoms in total. The quantitative estimate of drug-likeness (QED) is 0.758. The van der Waals surface area contributed by atoms with Crippen LogP contribution in [0.4, 0.5) is 10.1 Å². The van der Waals surface area contributed by atoms with E-state index in [4.69, 9.17) is 4.74 Å². The number of hydrogen-bond donors (Lipinski definition) is 0. The maximum absolute atomic E-state index is 13.8. The number of carbonyl (C=O) groups excluding carboxylic acids is 2. The molecule has 1 saturated carbocycles. The molecule has 2 aliphatic heterocycles. The molecule has 2 heterocycles. The lowest BCUT2D eigenvalue weighted by molar-refractivity contribution is -0.141. The molecule has 1 aliphatic carbocycles. The third-order valence-corrected chi connectivity index (χ3v) is 7.18. The van der Waals surface area contributed by atoms with Gasteiger partial charge in [0.25, 0.3) is 5.91 Å². The highest BCUT2D eigenvalue weighted by atomic mass is 19.1. The lowest BCUT2D eigenvalue weighted by Gasteiger charge is -2.40. The molecule has 3 fully saturated rings. The Balaban J connectivity index is 1.37. The van der Waals surface area contributed by atoms with E-state index in [9.17, 15) is 14.0 Å². The van der Waals surface area contributed by atoms with Crippen molar-refractivity contribution in [1.82, 2.24) is 4.90 Å². The first kappa shape index (κ1) is 20.2. The number of likely N-dealkylation sites (tertiary alicyclic amines) is 1. The van der Waals surface area contributed by atoms with Gasteiger partial charge >= 0.3 is 0 Å². The highest BCUT2D eigenvalue weighted by Crippen LogP contribution is 2.44. The van der Waals surface area contributed by atoms with Gasteiger partial charge in [0.05, 0.1) is 18.5 Å². The number of ether oxygens (including phenoxy) is 1. The van der Waals surface area contributed by atoms with Gasteiger partial charge in [-0.25, -0.2) is 4.39 Å². The summed E-state index contributed by atoms with van der Waals surface area (Å²) in [6, 6.07) is 16.0. The number of carbonyl (C=O) groups is 2. The van der Waals surface area contributed by atoms with Crippen LogP contribution in [0.1, 0.15) is 37.7 Å². The van der Waals surface area contributed by atoms with Crippen LogP contribution in [0, 0.1) is 5.82 Å². The Morgan fingerprint density at radius 2 is 1.65 bits per heavy atom. The van der Waals surface area contributed by atoms with Gasteiger partial charge in [0.1, 0.15) is 18.0 Å². The van der Waals surface area contributed by atoms with Crippen molar-refractivity contribution in [2.45, 2.75) is 43.1 Å². The van der Waals surface area contributed by atoms with Crippen LogP contribution in [0.5, 0.6) is 0 Å². The Kier molecular flexibility index (Phi) is 5.05. The molecule has 2 aromatic rings. The first-order valence-corrected chi connectivity index (χ1v) is 11.1. The van der Waals surface area contributed by atoms with Crippen molar-refractivity contribution in [2.75, 3.05) is 31.1 Å². The number of benzene rings is 2. The van der Waals surface area contributed by atoms with Crippen LogP contribution >= 0.6 is 0 Å². The Hall–Kier alpha value is -2.73. The molecule has 6 heteroatoms. The van der Waals surface area contributed by atoms with E-state index in [-0.39, 0.29) is 24.2 Å². The van der Waals surface area contributed by atoms with E-state index in [0.29, 0.717) is 26.1 Å². The molecular weight excluding hydrogens is 395 g/mol. The van der Waals surface area contributed by atoms with Crippen LogP contribution in [0.15, 0.2) is 54.6 Å². The zero-order chi connectivity index (χ0) is 21.5. The van der Waals surface area contributed by atoms with Crippen molar-refractivity contribution in [3.05, 3.63) is 66.0 Å². The van der Waals surface area contributed by atoms with E-state index < -0.39 is 11.0 Å². The molecule has 2 saturated heterocycles. The zero-order valence-electron chi connectivity index (χ0n) is 17.6. The second-order valence-electron chi connectivity index (χ2n) is 9.06. The second kappa shape index (κ2) is 7.75. The van der Waals surface area contributed by atoms with Crippen LogP contribution < -0.4 is 4.90 Å². The van der Waals surface area contributed by atoms with Gasteiger partial charge in [0.15, 0.2) is 0 Å². The summed E-state index contributed by atoms with van der Waals surface area (Å²) in [5.41, 5.74) is 0.645. The fraction of sp³-hybridized carbons (Fsp3) is 0.440. The number of morpholine rings is 1. The molecule has 1 spiro atoms. The minimum Gasteiger partial charge on any atom is -0.361 e. The predicted octanol–water partition coefficient (Wildman–Crippen LogP) is 3.67. The molecule has 5 rings (SSSR count). The molecule has 3 aliphatic rings. The Morgan fingerprint density at radius 3 is 2.35 bits per heavy atom. The highest BCUT2D eigenvalue weighted by molar-refractivity contribution is 5.95. The fourth-order valence-electron chi connectivity index (χ4n) is 5.50. The van der Waals surface area contributed by atoms with Gasteiger partial charge in [-0.1, -0.05) is 43.2 Å². The lowest BCUT2D eigenvalue weighted by Crippen LogP contribution is -2.57. The van der Waals surface area contributed by atoms with Gasteiger partial charge in [-0.3, -0.25) is 9.59 Å². The number of anilines is 1. The molecule has 2 aromatic carbocycles. The predicted molar refractivity (Wildman–Crippen MR) is 115 cm³/mol. The van der Waals surface area contributed by atoms with Gasteiger partial charge in [0, 0.05) is 12.2 Å². The third-order valence-electron chi connectivity index (χ3n) is 7.18. The maximum atomic E-state index is 13.8. The number of halogens is 1. The Labute approximate surface area is 181 Å². The maximum Gasteiger partial charge on any atom is 0.253 e. The van der Waals surface area contributed by atoms with Gasteiger partial charge in [0.2, 0.25) is 5.91 Å². The number of hydrogen-bond acceptors (Lipinski definition) is 3. The average Bonchev–Trinajstić information content (AvgIpc) is 3.45. The second-order valence-corrected chi connectivity index (χ2v) is 9.06. The van der Waals surface area contributed by atoms with Crippen LogP contribution in [0.2, 0.25) is 0 Å². The molecule has 0 bridgehead atoms. The summed E-state index contributed by atoms with van der Waals surface area (Å²) < 4.78 is 19.6. The largest absolute Gasteiger partial charge is 0.361 e. The molecule has 1 atom stereocenters. The monoisotopic (exact) mass is 422 g/mol. The molecule has 0 unspecified atom stereocenters. The molecule has 162 valence electrons. The topological polar surface area (TPSA) is 49.9 Å². The third kappa shape index (κ3) is 3.53. The molecule has 2 amide bonds. The smallest absolute Gasteiger partial charge is 0.253 e. The number of nitrogens with zero attached hydrogens (tertiary/aromatic N) is 2. The standard InChI is InChI=1S/C25H27FN2O3/c26-20-10-8-19(9-11-20)25(12-4-5-13-25)23(30)27-15-14-24(17-27)18-28(22(29)16-31-24)21-6-2-1-3-7-21/h1-3,6-11H,4-5,12-18H2/t24-/m0/s1. The van der Waals surface area contributed by atoms with E-state index >= 15 is 0 Å². The van der Waals surface area contributed by atoms with Crippen molar-refractivity contribution < 1.29 is 18.7 Å². The zero-order valence-corrected chi connectivity index (χ0v) is 17.6. The van der Waals surface area contributed by atoms with E-state index in [1.54, 1.807) is 17.0 Å². The summed E-state index contributed by atoms with van der Waals surface area (Å²) in [4.78, 5) is 30.0. The molecular formula is C25H27FN2O3.